The first-order valence-corrected chi connectivity index (χ1v) is 7.85. The molecule has 0 aliphatic rings. The van der Waals surface area contributed by atoms with Crippen molar-refractivity contribution in [1.29, 1.82) is 0 Å². The average Bonchev–Trinajstić information content (AvgIpc) is 2.78. The SMILES string of the molecule is CN[PH](On1nnc2ccccc21)(N(C)C)N(C)C. The first-order valence-electron chi connectivity index (χ1n) is 6.05. The molecule has 0 amide bonds. The van der Waals surface area contributed by atoms with Gasteiger partial charge in [0.05, 0.1) is 0 Å². The van der Waals surface area contributed by atoms with E-state index in [0.717, 1.165) is 11.0 Å². The van der Waals surface area contributed by atoms with E-state index in [1.165, 1.54) is 4.85 Å². The van der Waals surface area contributed by atoms with Crippen LogP contribution in [0, 0.1) is 0 Å². The monoisotopic (exact) mass is 284 g/mol. The van der Waals surface area contributed by atoms with Crippen molar-refractivity contribution in [3.63, 3.8) is 0 Å². The standard InChI is InChI=1S/C11H21N6OP/c1-12-19(15(2)3,16(4)5)18-17-11-9-7-6-8-10(11)13-14-17/h6-9,12,19H,1-5H3. The van der Waals surface area contributed by atoms with E-state index in [0.29, 0.717) is 0 Å². The Morgan fingerprint density at radius 2 is 1.79 bits per heavy atom. The van der Waals surface area contributed by atoms with Gasteiger partial charge in [0, 0.05) is 0 Å². The number of aromatic nitrogens is 3. The summed E-state index contributed by atoms with van der Waals surface area (Å²) >= 11 is 0. The number of nitrogens with one attached hydrogen (secondary N) is 1. The summed E-state index contributed by atoms with van der Waals surface area (Å²) in [6.07, 6.45) is 0. The predicted molar refractivity (Wildman–Crippen MR) is 78.9 cm³/mol. The van der Waals surface area contributed by atoms with Gasteiger partial charge >= 0.3 is 113 Å². The second-order valence-corrected chi connectivity index (χ2v) is 8.38. The third-order valence-corrected chi connectivity index (χ3v) is 6.58. The normalized spacial score (nSPS) is 13.4. The molecule has 0 radical (unpaired) electrons. The van der Waals surface area contributed by atoms with E-state index >= 15 is 0 Å². The van der Waals surface area contributed by atoms with Crippen molar-refractivity contribution in [2.24, 2.45) is 0 Å². The van der Waals surface area contributed by atoms with E-state index < -0.39 is 7.94 Å². The van der Waals surface area contributed by atoms with Gasteiger partial charge in [0.2, 0.25) is 0 Å². The van der Waals surface area contributed by atoms with Gasteiger partial charge in [0.25, 0.3) is 0 Å². The van der Waals surface area contributed by atoms with Gasteiger partial charge in [-0.1, -0.05) is 0 Å². The molecule has 1 aromatic carbocycles. The predicted octanol–water partition coefficient (Wildman–Crippen LogP) is 0.612. The van der Waals surface area contributed by atoms with Crippen LogP contribution in [-0.2, 0) is 0 Å². The van der Waals surface area contributed by atoms with E-state index in [1.807, 2.05) is 59.5 Å². The Labute approximate surface area is 113 Å². The average molecular weight is 284 g/mol. The van der Waals surface area contributed by atoms with Crippen LogP contribution < -0.4 is 9.71 Å². The Morgan fingerprint density at radius 3 is 2.37 bits per heavy atom. The Balaban J connectivity index is 2.42. The first-order chi connectivity index (χ1) is 9.01. The first kappa shape index (κ1) is 14.1. The van der Waals surface area contributed by atoms with Gasteiger partial charge < -0.3 is 0 Å². The molecule has 0 fully saturated rings. The Kier molecular flexibility index (Phi) is 4.01. The van der Waals surface area contributed by atoms with Gasteiger partial charge in [-0.05, 0) is 0 Å². The Hall–Kier alpha value is -1.27. The maximum atomic E-state index is 6.15. The molecule has 8 heteroatoms. The quantitative estimate of drug-likeness (QED) is 0.812. The summed E-state index contributed by atoms with van der Waals surface area (Å²) in [7, 11) is 7.38. The molecule has 2 rings (SSSR count). The second-order valence-electron chi connectivity index (χ2n) is 4.69. The van der Waals surface area contributed by atoms with Crippen LogP contribution in [0.15, 0.2) is 24.3 Å². The maximum absolute atomic E-state index is 6.15. The molecule has 0 saturated heterocycles. The van der Waals surface area contributed by atoms with Crippen LogP contribution in [0.5, 0.6) is 0 Å². The summed E-state index contributed by atoms with van der Waals surface area (Å²) in [4.78, 5) is 1.50. The fourth-order valence-electron chi connectivity index (χ4n) is 2.09. The van der Waals surface area contributed by atoms with Crippen LogP contribution >= 0.6 is 7.94 Å². The zero-order valence-corrected chi connectivity index (χ0v) is 13.0. The van der Waals surface area contributed by atoms with Crippen molar-refractivity contribution in [3.05, 3.63) is 24.3 Å². The van der Waals surface area contributed by atoms with Crippen LogP contribution in [0.2, 0.25) is 0 Å². The van der Waals surface area contributed by atoms with Crippen molar-refractivity contribution in [3.8, 4) is 0 Å². The van der Waals surface area contributed by atoms with Gasteiger partial charge in [-0.15, -0.1) is 0 Å². The fraction of sp³-hybridized carbons (Fsp3) is 0.455. The van der Waals surface area contributed by atoms with Crippen LogP contribution in [0.25, 0.3) is 11.0 Å². The fourth-order valence-corrected chi connectivity index (χ4v) is 4.58. The van der Waals surface area contributed by atoms with Crippen LogP contribution in [0.3, 0.4) is 0 Å². The van der Waals surface area contributed by atoms with Crippen molar-refractivity contribution < 1.29 is 4.62 Å². The minimum atomic E-state index is -2.47. The van der Waals surface area contributed by atoms with Crippen LogP contribution in [0.1, 0.15) is 0 Å². The van der Waals surface area contributed by atoms with E-state index in [1.54, 1.807) is 0 Å². The molecular formula is C11H21N6OP. The van der Waals surface area contributed by atoms with Gasteiger partial charge in [-0.2, -0.15) is 0 Å². The summed E-state index contributed by atoms with van der Waals surface area (Å²) in [5.74, 6) is 0. The molecule has 2 aromatic rings. The van der Waals surface area contributed by atoms with E-state index in [9.17, 15) is 0 Å². The Bertz CT molecular complexity index is 547. The molecule has 0 bridgehead atoms. The molecular weight excluding hydrogens is 263 g/mol. The van der Waals surface area contributed by atoms with E-state index in [4.69, 9.17) is 4.62 Å². The van der Waals surface area contributed by atoms with Crippen molar-refractivity contribution in [2.45, 2.75) is 0 Å². The molecule has 106 valence electrons. The number of nitrogens with zero attached hydrogens (tertiary/aromatic N) is 5. The van der Waals surface area contributed by atoms with E-state index in [-0.39, 0.29) is 0 Å². The van der Waals surface area contributed by atoms with Crippen molar-refractivity contribution >= 4 is 19.0 Å². The van der Waals surface area contributed by atoms with Gasteiger partial charge in [-0.3, -0.25) is 0 Å². The number of hydrogen-bond donors (Lipinski definition) is 1. The van der Waals surface area contributed by atoms with Gasteiger partial charge in [-0.25, -0.2) is 0 Å². The minimum absolute atomic E-state index is 0.819. The molecule has 0 atom stereocenters. The molecule has 0 unspecified atom stereocenters. The zero-order chi connectivity index (χ0) is 14.0. The molecule has 0 saturated carbocycles. The van der Waals surface area contributed by atoms with Gasteiger partial charge in [0.15, 0.2) is 0 Å². The molecule has 1 heterocycles. The van der Waals surface area contributed by atoms with Crippen molar-refractivity contribution in [2.75, 3.05) is 35.2 Å². The number of hydrogen-bond acceptors (Lipinski definition) is 6. The Morgan fingerprint density at radius 1 is 1.16 bits per heavy atom. The molecule has 7 nitrogen and oxygen atoms in total. The van der Waals surface area contributed by atoms with E-state index in [2.05, 4.69) is 24.7 Å². The summed E-state index contributed by atoms with van der Waals surface area (Å²) in [5, 5.41) is 11.5. The number of para-hydroxylation sites is 1. The summed E-state index contributed by atoms with van der Waals surface area (Å²) in [5.41, 5.74) is 1.68. The number of fused-ring (bicyclic) bond motifs is 1. The summed E-state index contributed by atoms with van der Waals surface area (Å²) < 4.78 is 10.3. The molecule has 0 aliphatic carbocycles. The van der Waals surface area contributed by atoms with Crippen molar-refractivity contribution in [1.82, 2.24) is 29.6 Å². The topological polar surface area (TPSA) is 58.5 Å². The molecule has 1 N–H and O–H groups in total. The number of benzene rings is 1. The molecule has 0 aliphatic heterocycles. The molecule has 0 spiro atoms. The van der Waals surface area contributed by atoms with Gasteiger partial charge in [0.1, 0.15) is 0 Å². The van der Waals surface area contributed by atoms with Crippen LogP contribution in [0.4, 0.5) is 0 Å². The third kappa shape index (κ3) is 2.42. The number of rotatable bonds is 5. The zero-order valence-electron chi connectivity index (χ0n) is 12.0. The summed E-state index contributed by atoms with van der Waals surface area (Å²) in [6.45, 7) is 0. The third-order valence-electron chi connectivity index (χ3n) is 3.07. The molecule has 19 heavy (non-hydrogen) atoms. The molecule has 1 aromatic heterocycles. The second kappa shape index (κ2) is 5.38. The summed E-state index contributed by atoms with van der Waals surface area (Å²) in [6, 6.07) is 7.73. The van der Waals surface area contributed by atoms with Crippen LogP contribution in [-0.4, -0.2) is 59.7 Å².